The van der Waals surface area contributed by atoms with Crippen molar-refractivity contribution in [3.8, 4) is 33.8 Å². The van der Waals surface area contributed by atoms with Crippen LogP contribution < -0.4 is 5.32 Å². The molecule has 17 nitrogen and oxygen atoms in total. The van der Waals surface area contributed by atoms with E-state index in [1.165, 1.54) is 14.2 Å². The Labute approximate surface area is 354 Å². The van der Waals surface area contributed by atoms with Crippen molar-refractivity contribution in [2.24, 2.45) is 5.92 Å². The molecule has 4 atom stereocenters. The molecular weight excluding hydrogens is 781 g/mol. The van der Waals surface area contributed by atoms with Crippen LogP contribution in [0.3, 0.4) is 0 Å². The molecule has 2 aliphatic rings. The zero-order valence-corrected chi connectivity index (χ0v) is 35.6. The zero-order chi connectivity index (χ0) is 43.6. The zero-order valence-electron chi connectivity index (χ0n) is 35.6. The molecule has 2 aromatic carbocycles. The van der Waals surface area contributed by atoms with Crippen molar-refractivity contribution >= 4 is 35.0 Å². The number of fused-ring (bicyclic) bond motifs is 1. The second-order valence-corrected chi connectivity index (χ2v) is 17.0. The van der Waals surface area contributed by atoms with Crippen molar-refractivity contribution in [2.75, 3.05) is 33.9 Å². The minimum atomic E-state index is -1.13. The van der Waals surface area contributed by atoms with Crippen LogP contribution in [0, 0.1) is 5.92 Å². The number of hydrogen-bond acceptors (Lipinski definition) is 10. The Morgan fingerprint density at radius 3 is 1.98 bits per heavy atom. The number of hydrogen-bond donors (Lipinski definition) is 4. The molecule has 322 valence electrons. The molecule has 3 aromatic heterocycles. The number of likely N-dealkylation sites (N-methyl/N-ethyl adjacent to an activating group) is 1. The van der Waals surface area contributed by atoms with E-state index in [0.29, 0.717) is 35.9 Å². The molecule has 2 saturated heterocycles. The van der Waals surface area contributed by atoms with E-state index >= 15 is 0 Å². The Hall–Kier alpha value is -6.36. The van der Waals surface area contributed by atoms with Crippen molar-refractivity contribution in [1.82, 2.24) is 49.9 Å². The fourth-order valence-electron chi connectivity index (χ4n) is 8.17. The third-order valence-electron chi connectivity index (χ3n) is 11.3. The third-order valence-corrected chi connectivity index (χ3v) is 11.3. The number of aromatic amines is 2. The van der Waals surface area contributed by atoms with Crippen LogP contribution in [0.2, 0.25) is 0 Å². The van der Waals surface area contributed by atoms with Gasteiger partial charge in [0, 0.05) is 31.3 Å². The standard InChI is InChI=1S/C44H54N10O7/c1-25(2)37(52(6)43(58)59)41(56)54-19-9-11-36(54)39-46-22-32(49-39)27-14-12-26(13-15-27)31-21-45-30-20-28(16-17-29(30)48-31)33-23-47-38(50-33)35-10-8-18-53(35)40(55)34(51-42(57)60-7)24-61-44(3,4)5/h12-17,20-23,25,34-37H,8-11,18-19,24H2,1-7H3,(H,46,49)(H,47,50)(H,51,57)(H,58,59)/t34-,35-,36-,37-/m0/s1. The van der Waals surface area contributed by atoms with Gasteiger partial charge >= 0.3 is 12.2 Å². The molecule has 2 aliphatic heterocycles. The van der Waals surface area contributed by atoms with Crippen LogP contribution in [0.15, 0.2) is 61.1 Å². The molecule has 17 heteroatoms. The van der Waals surface area contributed by atoms with Gasteiger partial charge in [0.15, 0.2) is 0 Å². The number of amides is 4. The average Bonchev–Trinajstić information content (AvgIpc) is 4.08. The molecule has 4 amide bonds. The summed E-state index contributed by atoms with van der Waals surface area (Å²) >= 11 is 0. The van der Waals surface area contributed by atoms with Crippen LogP contribution in [0.25, 0.3) is 44.8 Å². The molecule has 61 heavy (non-hydrogen) atoms. The van der Waals surface area contributed by atoms with Crippen molar-refractivity contribution in [3.05, 3.63) is 72.7 Å². The number of carbonyl (C=O) groups excluding carboxylic acids is 3. The van der Waals surface area contributed by atoms with E-state index < -0.39 is 29.9 Å². The first kappa shape index (κ1) is 42.8. The average molecular weight is 835 g/mol. The summed E-state index contributed by atoms with van der Waals surface area (Å²) in [6, 6.07) is 11.5. The van der Waals surface area contributed by atoms with E-state index in [4.69, 9.17) is 19.4 Å². The van der Waals surface area contributed by atoms with Crippen LogP contribution in [0.5, 0.6) is 0 Å². The Bertz CT molecular complexity index is 2390. The van der Waals surface area contributed by atoms with Crippen molar-refractivity contribution in [3.63, 3.8) is 0 Å². The van der Waals surface area contributed by atoms with E-state index in [-0.39, 0.29) is 36.4 Å². The minimum absolute atomic E-state index is 0.00396. The number of likely N-dealkylation sites (tertiary alicyclic amines) is 2. The number of carboxylic acid groups (broad SMARTS) is 1. The maximum Gasteiger partial charge on any atom is 0.407 e. The van der Waals surface area contributed by atoms with Gasteiger partial charge in [-0.15, -0.1) is 0 Å². The lowest BCUT2D eigenvalue weighted by Gasteiger charge is -2.33. The highest BCUT2D eigenvalue weighted by Gasteiger charge is 2.40. The van der Waals surface area contributed by atoms with Gasteiger partial charge < -0.3 is 39.7 Å². The van der Waals surface area contributed by atoms with Crippen molar-refractivity contribution in [1.29, 1.82) is 0 Å². The van der Waals surface area contributed by atoms with Gasteiger partial charge in [0.25, 0.3) is 0 Å². The lowest BCUT2D eigenvalue weighted by molar-refractivity contribution is -0.139. The number of imidazole rings is 2. The summed E-state index contributed by atoms with van der Waals surface area (Å²) in [5.74, 6) is 0.673. The number of nitrogens with zero attached hydrogens (tertiary/aromatic N) is 7. The molecule has 5 heterocycles. The maximum atomic E-state index is 13.8. The normalized spacial score (nSPS) is 17.8. The summed E-state index contributed by atoms with van der Waals surface area (Å²) in [4.78, 5) is 81.7. The molecule has 0 unspecified atom stereocenters. The van der Waals surface area contributed by atoms with Crippen molar-refractivity contribution < 1.29 is 33.8 Å². The molecular formula is C44H54N10O7. The number of carbonyl (C=O) groups is 4. The highest BCUT2D eigenvalue weighted by molar-refractivity contribution is 5.87. The fraction of sp³-hybridized carbons (Fsp3) is 0.455. The predicted molar refractivity (Wildman–Crippen MR) is 227 cm³/mol. The fourth-order valence-corrected chi connectivity index (χ4v) is 8.17. The molecule has 0 saturated carbocycles. The van der Waals surface area contributed by atoms with Gasteiger partial charge in [-0.2, -0.15) is 0 Å². The summed E-state index contributed by atoms with van der Waals surface area (Å²) in [7, 11) is 2.70. The van der Waals surface area contributed by atoms with E-state index in [1.54, 1.807) is 28.4 Å². The molecule has 5 aromatic rings. The molecule has 7 rings (SSSR count). The second-order valence-electron chi connectivity index (χ2n) is 17.0. The summed E-state index contributed by atoms with van der Waals surface area (Å²) in [6.45, 7) is 10.4. The van der Waals surface area contributed by atoms with Crippen LogP contribution in [0.4, 0.5) is 9.59 Å². The molecule has 0 radical (unpaired) electrons. The molecule has 2 fully saturated rings. The van der Waals surface area contributed by atoms with Gasteiger partial charge in [-0.1, -0.05) is 44.2 Å². The largest absolute Gasteiger partial charge is 0.465 e. The van der Waals surface area contributed by atoms with Crippen molar-refractivity contribution in [2.45, 2.75) is 90.1 Å². The first-order valence-corrected chi connectivity index (χ1v) is 20.6. The topological polar surface area (TPSA) is 212 Å². The third kappa shape index (κ3) is 9.36. The van der Waals surface area contributed by atoms with Gasteiger partial charge in [0.1, 0.15) is 23.7 Å². The first-order chi connectivity index (χ1) is 29.1. The van der Waals surface area contributed by atoms with Crippen LogP contribution in [-0.4, -0.2) is 125 Å². The monoisotopic (exact) mass is 834 g/mol. The lowest BCUT2D eigenvalue weighted by atomic mass is 10.0. The highest BCUT2D eigenvalue weighted by Crippen LogP contribution is 2.35. The van der Waals surface area contributed by atoms with Crippen LogP contribution in [-0.2, 0) is 19.1 Å². The summed E-state index contributed by atoms with van der Waals surface area (Å²) < 4.78 is 10.7. The number of methoxy groups -OCH3 is 1. The van der Waals surface area contributed by atoms with Crippen LogP contribution >= 0.6 is 0 Å². The summed E-state index contributed by atoms with van der Waals surface area (Å²) in [6.07, 6.45) is 6.47. The van der Waals surface area contributed by atoms with E-state index in [0.717, 1.165) is 64.2 Å². The summed E-state index contributed by atoms with van der Waals surface area (Å²) in [5, 5.41) is 12.2. The number of H-pyrrole nitrogens is 2. The number of benzene rings is 2. The van der Waals surface area contributed by atoms with Gasteiger partial charge in [0.05, 0.1) is 78.1 Å². The smallest absolute Gasteiger partial charge is 0.407 e. The molecule has 0 bridgehead atoms. The molecule has 0 spiro atoms. The Morgan fingerprint density at radius 1 is 0.836 bits per heavy atom. The first-order valence-electron chi connectivity index (χ1n) is 20.6. The number of alkyl carbamates (subject to hydrolysis) is 1. The SMILES string of the molecule is COC(=O)N[C@@H](COC(C)(C)C)C(=O)N1CCC[C@H]1c1ncc(-c2ccc3nc(-c4ccc(-c5cnc([C@@H]6CCCN6C(=O)[C@H](C(C)C)N(C)C(=O)O)[nH]5)cc4)cnc3c2)[nH]1. The van der Waals surface area contributed by atoms with E-state index in [9.17, 15) is 24.3 Å². The van der Waals surface area contributed by atoms with Gasteiger partial charge in [0.2, 0.25) is 11.8 Å². The number of aromatic nitrogens is 6. The number of ether oxygens (including phenoxy) is 2. The molecule has 4 N–H and O–H groups in total. The lowest BCUT2D eigenvalue weighted by Crippen LogP contribution is -2.51. The minimum Gasteiger partial charge on any atom is -0.465 e. The predicted octanol–water partition coefficient (Wildman–Crippen LogP) is 6.58. The summed E-state index contributed by atoms with van der Waals surface area (Å²) in [5.41, 5.74) is 5.90. The molecule has 0 aliphatic carbocycles. The van der Waals surface area contributed by atoms with Crippen LogP contribution in [0.1, 0.15) is 84.0 Å². The number of rotatable bonds is 12. The van der Waals surface area contributed by atoms with E-state index in [1.807, 2.05) is 77.1 Å². The second kappa shape index (κ2) is 17.7. The maximum absolute atomic E-state index is 13.8. The van der Waals surface area contributed by atoms with E-state index in [2.05, 4.69) is 25.3 Å². The Balaban J connectivity index is 1.02. The van der Waals surface area contributed by atoms with Gasteiger partial charge in [-0.25, -0.2) is 24.5 Å². The van der Waals surface area contributed by atoms with Gasteiger partial charge in [-0.3, -0.25) is 19.5 Å². The highest BCUT2D eigenvalue weighted by atomic mass is 16.5. The Morgan fingerprint density at radius 2 is 1.41 bits per heavy atom. The number of nitrogens with one attached hydrogen (secondary N) is 3. The Kier molecular flexibility index (Phi) is 12.4. The quantitative estimate of drug-likeness (QED) is 0.105. The van der Waals surface area contributed by atoms with Gasteiger partial charge in [-0.05, 0) is 70.1 Å².